The summed E-state index contributed by atoms with van der Waals surface area (Å²) < 4.78 is 5.10. The Morgan fingerprint density at radius 1 is 1.35 bits per heavy atom. The SMILES string of the molecule is CCOC(=O)C1(NC2CC[C@H](N)[C@H](N)C2)CC1. The van der Waals surface area contributed by atoms with E-state index in [1.165, 1.54) is 0 Å². The molecule has 0 aromatic carbocycles. The molecule has 2 rings (SSSR count). The van der Waals surface area contributed by atoms with Gasteiger partial charge >= 0.3 is 5.97 Å². The Balaban J connectivity index is 1.87. The van der Waals surface area contributed by atoms with Crippen molar-refractivity contribution in [2.24, 2.45) is 11.5 Å². The maximum absolute atomic E-state index is 11.8. The Morgan fingerprint density at radius 2 is 2.06 bits per heavy atom. The summed E-state index contributed by atoms with van der Waals surface area (Å²) in [6.45, 7) is 2.28. The predicted octanol–water partition coefficient (Wildman–Crippen LogP) is -0.121. The predicted molar refractivity (Wildman–Crippen MR) is 65.3 cm³/mol. The number of esters is 1. The highest BCUT2D eigenvalue weighted by molar-refractivity contribution is 5.84. The Morgan fingerprint density at radius 3 is 2.59 bits per heavy atom. The first-order chi connectivity index (χ1) is 8.07. The van der Waals surface area contributed by atoms with E-state index in [9.17, 15) is 4.79 Å². The first kappa shape index (κ1) is 12.8. The first-order valence-corrected chi connectivity index (χ1v) is 6.53. The lowest BCUT2D eigenvalue weighted by Crippen LogP contribution is -2.54. The van der Waals surface area contributed by atoms with Gasteiger partial charge in [0.1, 0.15) is 5.54 Å². The molecule has 0 aliphatic heterocycles. The average Bonchev–Trinajstić information content (AvgIpc) is 3.05. The van der Waals surface area contributed by atoms with Gasteiger partial charge in [-0.25, -0.2) is 0 Å². The molecule has 2 aliphatic rings. The lowest BCUT2D eigenvalue weighted by molar-refractivity contribution is -0.147. The number of nitrogens with one attached hydrogen (secondary N) is 1. The minimum atomic E-state index is -0.415. The summed E-state index contributed by atoms with van der Waals surface area (Å²) in [6, 6.07) is 0.446. The lowest BCUT2D eigenvalue weighted by Gasteiger charge is -2.34. The fraction of sp³-hybridized carbons (Fsp3) is 0.917. The van der Waals surface area contributed by atoms with Gasteiger partial charge in [0.25, 0.3) is 0 Å². The van der Waals surface area contributed by atoms with Crippen molar-refractivity contribution in [3.8, 4) is 0 Å². The summed E-state index contributed by atoms with van der Waals surface area (Å²) in [4.78, 5) is 11.8. The van der Waals surface area contributed by atoms with Crippen molar-refractivity contribution in [3.05, 3.63) is 0 Å². The van der Waals surface area contributed by atoms with E-state index in [1.54, 1.807) is 0 Å². The van der Waals surface area contributed by atoms with Gasteiger partial charge in [-0.2, -0.15) is 0 Å². The Bertz CT molecular complexity index is 291. The number of ether oxygens (including phenoxy) is 1. The number of rotatable bonds is 4. The van der Waals surface area contributed by atoms with E-state index in [0.29, 0.717) is 12.6 Å². The van der Waals surface area contributed by atoms with Crippen molar-refractivity contribution in [1.29, 1.82) is 0 Å². The summed E-state index contributed by atoms with van der Waals surface area (Å²) in [5.41, 5.74) is 11.4. The molecular weight excluding hydrogens is 218 g/mol. The molecule has 0 heterocycles. The van der Waals surface area contributed by atoms with Crippen LogP contribution in [-0.2, 0) is 9.53 Å². The number of carbonyl (C=O) groups is 1. The van der Waals surface area contributed by atoms with Gasteiger partial charge in [0.2, 0.25) is 0 Å². The summed E-state index contributed by atoms with van der Waals surface area (Å²) in [7, 11) is 0. The number of hydrogen-bond donors (Lipinski definition) is 3. The van der Waals surface area contributed by atoms with E-state index in [4.69, 9.17) is 16.2 Å². The molecule has 3 atom stereocenters. The second-order valence-corrected chi connectivity index (χ2v) is 5.28. The van der Waals surface area contributed by atoms with Crippen LogP contribution in [0.3, 0.4) is 0 Å². The second-order valence-electron chi connectivity index (χ2n) is 5.28. The monoisotopic (exact) mass is 241 g/mol. The van der Waals surface area contributed by atoms with Crippen LogP contribution in [0.5, 0.6) is 0 Å². The molecule has 1 unspecified atom stereocenters. The number of nitrogens with two attached hydrogens (primary N) is 2. The average molecular weight is 241 g/mol. The van der Waals surface area contributed by atoms with Gasteiger partial charge in [-0.3, -0.25) is 10.1 Å². The molecule has 5 heteroatoms. The van der Waals surface area contributed by atoms with Crippen LogP contribution in [0, 0.1) is 0 Å². The fourth-order valence-corrected chi connectivity index (χ4v) is 2.55. The van der Waals surface area contributed by atoms with Crippen molar-refractivity contribution in [2.75, 3.05) is 6.61 Å². The van der Waals surface area contributed by atoms with Crippen LogP contribution in [0.4, 0.5) is 0 Å². The van der Waals surface area contributed by atoms with Crippen molar-refractivity contribution in [1.82, 2.24) is 5.32 Å². The van der Waals surface area contributed by atoms with Crippen molar-refractivity contribution < 1.29 is 9.53 Å². The van der Waals surface area contributed by atoms with Crippen LogP contribution in [0.2, 0.25) is 0 Å². The molecule has 0 aromatic rings. The molecule has 0 amide bonds. The van der Waals surface area contributed by atoms with E-state index in [1.807, 2.05) is 6.92 Å². The standard InChI is InChI=1S/C12H23N3O2/c1-2-17-11(16)12(5-6-12)15-8-3-4-9(13)10(14)7-8/h8-10,15H,2-7,13-14H2,1H3/t8?,9-,10+/m0/s1. The minimum absolute atomic E-state index is 0.0410. The van der Waals surface area contributed by atoms with Gasteiger partial charge in [-0.1, -0.05) is 0 Å². The van der Waals surface area contributed by atoms with Crippen LogP contribution in [0.25, 0.3) is 0 Å². The summed E-state index contributed by atoms with van der Waals surface area (Å²) in [6.07, 6.45) is 4.53. The summed E-state index contributed by atoms with van der Waals surface area (Å²) >= 11 is 0. The fourth-order valence-electron chi connectivity index (χ4n) is 2.55. The number of carbonyl (C=O) groups excluding carboxylic acids is 1. The van der Waals surface area contributed by atoms with Gasteiger partial charge in [0.15, 0.2) is 0 Å². The molecular formula is C12H23N3O2. The zero-order chi connectivity index (χ0) is 12.5. The normalized spacial score (nSPS) is 35.4. The number of hydrogen-bond acceptors (Lipinski definition) is 5. The topological polar surface area (TPSA) is 90.4 Å². The minimum Gasteiger partial charge on any atom is -0.465 e. The highest BCUT2D eigenvalue weighted by Crippen LogP contribution is 2.38. The molecule has 5 nitrogen and oxygen atoms in total. The molecule has 98 valence electrons. The zero-order valence-corrected chi connectivity index (χ0v) is 10.4. The molecule has 2 aliphatic carbocycles. The van der Waals surface area contributed by atoms with Crippen LogP contribution < -0.4 is 16.8 Å². The molecule has 17 heavy (non-hydrogen) atoms. The molecule has 0 bridgehead atoms. The van der Waals surface area contributed by atoms with Gasteiger partial charge < -0.3 is 16.2 Å². The van der Waals surface area contributed by atoms with Crippen LogP contribution >= 0.6 is 0 Å². The van der Waals surface area contributed by atoms with Crippen LogP contribution in [0.1, 0.15) is 39.0 Å². The Hall–Kier alpha value is -0.650. The van der Waals surface area contributed by atoms with Crippen molar-refractivity contribution >= 4 is 5.97 Å². The Kier molecular flexibility index (Phi) is 3.70. The van der Waals surface area contributed by atoms with Gasteiger partial charge in [-0.05, 0) is 39.0 Å². The molecule has 0 spiro atoms. The van der Waals surface area contributed by atoms with Gasteiger partial charge in [-0.15, -0.1) is 0 Å². The zero-order valence-electron chi connectivity index (χ0n) is 10.4. The summed E-state index contributed by atoms with van der Waals surface area (Å²) in [5.74, 6) is -0.108. The highest BCUT2D eigenvalue weighted by atomic mass is 16.5. The molecule has 0 aromatic heterocycles. The molecule has 0 saturated heterocycles. The second kappa shape index (κ2) is 4.92. The maximum atomic E-state index is 11.8. The molecule has 2 saturated carbocycles. The Labute approximate surface area is 102 Å². The molecule has 2 fully saturated rings. The lowest BCUT2D eigenvalue weighted by atomic mass is 9.87. The van der Waals surface area contributed by atoms with E-state index in [-0.39, 0.29) is 18.1 Å². The van der Waals surface area contributed by atoms with E-state index >= 15 is 0 Å². The highest BCUT2D eigenvalue weighted by Gasteiger charge is 2.52. The van der Waals surface area contributed by atoms with Crippen molar-refractivity contribution in [2.45, 2.75) is 62.7 Å². The van der Waals surface area contributed by atoms with Gasteiger partial charge in [0, 0.05) is 18.1 Å². The summed E-state index contributed by atoms with van der Waals surface area (Å²) in [5, 5.41) is 3.43. The molecule has 5 N–H and O–H groups in total. The smallest absolute Gasteiger partial charge is 0.326 e. The third-order valence-corrected chi connectivity index (χ3v) is 3.85. The first-order valence-electron chi connectivity index (χ1n) is 6.53. The van der Waals surface area contributed by atoms with Crippen LogP contribution in [-0.4, -0.2) is 36.2 Å². The maximum Gasteiger partial charge on any atom is 0.326 e. The largest absolute Gasteiger partial charge is 0.465 e. The van der Waals surface area contributed by atoms with E-state index in [2.05, 4.69) is 5.32 Å². The van der Waals surface area contributed by atoms with Crippen LogP contribution in [0.15, 0.2) is 0 Å². The van der Waals surface area contributed by atoms with Gasteiger partial charge in [0.05, 0.1) is 6.61 Å². The van der Waals surface area contributed by atoms with E-state index < -0.39 is 5.54 Å². The quantitative estimate of drug-likeness (QED) is 0.597. The third kappa shape index (κ3) is 2.78. The van der Waals surface area contributed by atoms with Crippen molar-refractivity contribution in [3.63, 3.8) is 0 Å². The van der Waals surface area contributed by atoms with E-state index in [0.717, 1.165) is 32.1 Å². The molecule has 0 radical (unpaired) electrons. The third-order valence-electron chi connectivity index (χ3n) is 3.85.